The van der Waals surface area contributed by atoms with Crippen molar-refractivity contribution in [3.63, 3.8) is 0 Å². The van der Waals surface area contributed by atoms with E-state index in [4.69, 9.17) is 4.98 Å². The summed E-state index contributed by atoms with van der Waals surface area (Å²) >= 11 is 1.33. The summed E-state index contributed by atoms with van der Waals surface area (Å²) in [6.45, 7) is 3.58. The lowest BCUT2D eigenvalue weighted by atomic mass is 10.1. The number of hydrogen-bond acceptors (Lipinski definition) is 5. The van der Waals surface area contributed by atoms with Crippen LogP contribution in [0.15, 0.2) is 42.7 Å². The first kappa shape index (κ1) is 18.0. The average molecular weight is 407 g/mol. The highest BCUT2D eigenvalue weighted by Crippen LogP contribution is 2.27. The molecule has 5 heterocycles. The van der Waals surface area contributed by atoms with E-state index >= 15 is 0 Å². The molecule has 29 heavy (non-hydrogen) atoms. The van der Waals surface area contributed by atoms with Gasteiger partial charge in [0.05, 0.1) is 22.0 Å². The Hall–Kier alpha value is -3.10. The van der Waals surface area contributed by atoms with Gasteiger partial charge in [-0.05, 0) is 43.7 Å². The Morgan fingerprint density at radius 3 is 3.00 bits per heavy atom. The van der Waals surface area contributed by atoms with Gasteiger partial charge in [-0.1, -0.05) is 6.08 Å². The molecule has 0 saturated heterocycles. The molecule has 146 valence electrons. The van der Waals surface area contributed by atoms with Crippen molar-refractivity contribution in [3.8, 4) is 0 Å². The van der Waals surface area contributed by atoms with Crippen molar-refractivity contribution < 1.29 is 9.18 Å². The van der Waals surface area contributed by atoms with Crippen LogP contribution in [0.25, 0.3) is 21.4 Å². The minimum absolute atomic E-state index is 0.241. The van der Waals surface area contributed by atoms with Gasteiger partial charge in [-0.3, -0.25) is 4.79 Å². The Balaban J connectivity index is 1.43. The molecule has 0 fully saturated rings. The lowest BCUT2D eigenvalue weighted by Gasteiger charge is -2.13. The van der Waals surface area contributed by atoms with Crippen LogP contribution < -0.4 is 10.6 Å². The molecule has 2 N–H and O–H groups in total. The summed E-state index contributed by atoms with van der Waals surface area (Å²) in [5, 5.41) is 7.03. The molecular weight excluding hydrogens is 389 g/mol. The first-order valence-corrected chi connectivity index (χ1v) is 10.2. The van der Waals surface area contributed by atoms with Crippen molar-refractivity contribution in [2.24, 2.45) is 0 Å². The van der Waals surface area contributed by atoms with Gasteiger partial charge in [0.25, 0.3) is 5.91 Å². The fourth-order valence-corrected chi connectivity index (χ4v) is 4.41. The van der Waals surface area contributed by atoms with Crippen LogP contribution in [0.5, 0.6) is 0 Å². The van der Waals surface area contributed by atoms with Crippen LogP contribution in [-0.4, -0.2) is 33.4 Å². The van der Waals surface area contributed by atoms with E-state index in [1.165, 1.54) is 23.0 Å². The molecule has 0 aromatic carbocycles. The predicted octanol–water partition coefficient (Wildman–Crippen LogP) is 4.02. The molecule has 0 spiro atoms. The van der Waals surface area contributed by atoms with E-state index in [-0.39, 0.29) is 11.6 Å². The molecular formula is C21H18FN5OS. The van der Waals surface area contributed by atoms with Crippen molar-refractivity contribution in [1.29, 1.82) is 0 Å². The van der Waals surface area contributed by atoms with Crippen LogP contribution >= 0.6 is 11.3 Å². The average Bonchev–Trinajstić information content (AvgIpc) is 3.31. The molecule has 0 aliphatic carbocycles. The third-order valence-corrected chi connectivity index (χ3v) is 5.89. The zero-order valence-corrected chi connectivity index (χ0v) is 16.5. The number of rotatable bonds is 3. The molecule has 1 aliphatic rings. The van der Waals surface area contributed by atoms with E-state index in [0.717, 1.165) is 35.4 Å². The van der Waals surface area contributed by atoms with Crippen molar-refractivity contribution in [3.05, 3.63) is 64.8 Å². The molecule has 4 aromatic heterocycles. The molecule has 0 atom stereocenters. The molecule has 1 aliphatic heterocycles. The van der Waals surface area contributed by atoms with Gasteiger partial charge in [-0.15, -0.1) is 11.3 Å². The van der Waals surface area contributed by atoms with Crippen LogP contribution in [0, 0.1) is 12.7 Å². The van der Waals surface area contributed by atoms with Gasteiger partial charge >= 0.3 is 0 Å². The number of amides is 1. The van der Waals surface area contributed by atoms with Gasteiger partial charge in [0, 0.05) is 30.4 Å². The van der Waals surface area contributed by atoms with Crippen molar-refractivity contribution >= 4 is 44.4 Å². The number of nitrogens with zero attached hydrogens (tertiary/aromatic N) is 3. The number of carbonyl (C=O) groups excluding carboxylic acids is 1. The van der Waals surface area contributed by atoms with Crippen LogP contribution in [0.3, 0.4) is 0 Å². The zero-order chi connectivity index (χ0) is 20.0. The third kappa shape index (κ3) is 3.41. The zero-order valence-electron chi connectivity index (χ0n) is 15.7. The number of imidazole rings is 1. The predicted molar refractivity (Wildman–Crippen MR) is 113 cm³/mol. The molecule has 1 amide bonds. The minimum atomic E-state index is -0.479. The highest BCUT2D eigenvalue weighted by molar-refractivity contribution is 7.20. The van der Waals surface area contributed by atoms with Crippen molar-refractivity contribution in [1.82, 2.24) is 19.7 Å². The first-order valence-electron chi connectivity index (χ1n) is 9.34. The van der Waals surface area contributed by atoms with Gasteiger partial charge < -0.3 is 15.0 Å². The van der Waals surface area contributed by atoms with E-state index < -0.39 is 5.82 Å². The van der Waals surface area contributed by atoms with Gasteiger partial charge in [0.1, 0.15) is 4.83 Å². The second-order valence-electron chi connectivity index (χ2n) is 7.04. The molecule has 5 rings (SSSR count). The molecule has 4 aromatic rings. The topological polar surface area (TPSA) is 71.3 Å². The first-order chi connectivity index (χ1) is 14.1. The number of nitrogens with one attached hydrogen (secondary N) is 2. The second kappa shape index (κ2) is 7.06. The highest BCUT2D eigenvalue weighted by atomic mass is 32.1. The fourth-order valence-electron chi connectivity index (χ4n) is 3.49. The number of aryl methyl sites for hydroxylation is 1. The van der Waals surface area contributed by atoms with Crippen molar-refractivity contribution in [2.45, 2.75) is 13.3 Å². The summed E-state index contributed by atoms with van der Waals surface area (Å²) in [7, 11) is 0. The lowest BCUT2D eigenvalue weighted by molar-refractivity contribution is 0.103. The van der Waals surface area contributed by atoms with Gasteiger partial charge in [-0.2, -0.15) is 0 Å². The summed E-state index contributed by atoms with van der Waals surface area (Å²) in [6.07, 6.45) is 6.56. The Morgan fingerprint density at radius 2 is 2.17 bits per heavy atom. The fraction of sp³-hybridized carbons (Fsp3) is 0.190. The van der Waals surface area contributed by atoms with E-state index in [1.807, 2.05) is 18.2 Å². The van der Waals surface area contributed by atoms with Crippen molar-refractivity contribution in [2.75, 3.05) is 18.4 Å². The SMILES string of the molecule is Cc1cn2cc(NC(=O)c3cc4ccc(C5=CCCNC5)nc4s3)cc(F)c2n1. The smallest absolute Gasteiger partial charge is 0.265 e. The molecule has 0 saturated carbocycles. The van der Waals surface area contributed by atoms with E-state index in [1.54, 1.807) is 23.7 Å². The summed E-state index contributed by atoms with van der Waals surface area (Å²) in [5.74, 6) is -0.767. The highest BCUT2D eigenvalue weighted by Gasteiger charge is 2.15. The normalized spacial score (nSPS) is 14.3. The van der Waals surface area contributed by atoms with Crippen LogP contribution in [-0.2, 0) is 0 Å². The quantitative estimate of drug-likeness (QED) is 0.538. The number of halogens is 1. The summed E-state index contributed by atoms with van der Waals surface area (Å²) < 4.78 is 15.8. The maximum Gasteiger partial charge on any atom is 0.265 e. The summed E-state index contributed by atoms with van der Waals surface area (Å²) in [5.41, 5.74) is 3.44. The van der Waals surface area contributed by atoms with Crippen LogP contribution in [0.4, 0.5) is 10.1 Å². The Morgan fingerprint density at radius 1 is 1.28 bits per heavy atom. The number of hydrogen-bond donors (Lipinski definition) is 2. The van der Waals surface area contributed by atoms with E-state index in [0.29, 0.717) is 16.3 Å². The molecule has 6 nitrogen and oxygen atoms in total. The van der Waals surface area contributed by atoms with Gasteiger partial charge in [0.15, 0.2) is 11.5 Å². The van der Waals surface area contributed by atoms with Crippen LogP contribution in [0.1, 0.15) is 27.5 Å². The Bertz CT molecular complexity index is 1290. The Labute approximate surface area is 170 Å². The standard InChI is InChI=1S/C21H18FN5OS/c1-12-10-27-11-15(8-16(22)19(27)24-12)25-20(28)18-7-13-4-5-17(26-21(13)29-18)14-3-2-6-23-9-14/h3-5,7-8,10-11,23H,2,6,9H2,1H3,(H,25,28). The number of anilines is 1. The molecule has 8 heteroatoms. The minimum Gasteiger partial charge on any atom is -0.320 e. The Kier molecular flexibility index (Phi) is 4.37. The molecule has 0 bridgehead atoms. The van der Waals surface area contributed by atoms with Gasteiger partial charge in [-0.25, -0.2) is 14.4 Å². The number of fused-ring (bicyclic) bond motifs is 2. The number of aromatic nitrogens is 3. The summed E-state index contributed by atoms with van der Waals surface area (Å²) in [6, 6.07) is 7.07. The van der Waals surface area contributed by atoms with Crippen LogP contribution in [0.2, 0.25) is 0 Å². The monoisotopic (exact) mass is 407 g/mol. The second-order valence-corrected chi connectivity index (χ2v) is 8.07. The number of thiophene rings is 1. The van der Waals surface area contributed by atoms with E-state index in [9.17, 15) is 9.18 Å². The van der Waals surface area contributed by atoms with E-state index in [2.05, 4.69) is 21.7 Å². The third-order valence-electron chi connectivity index (χ3n) is 4.85. The molecule has 0 unspecified atom stereocenters. The molecule has 0 radical (unpaired) electrons. The largest absolute Gasteiger partial charge is 0.320 e. The number of carbonyl (C=O) groups is 1. The maximum absolute atomic E-state index is 14.2. The number of pyridine rings is 2. The lowest BCUT2D eigenvalue weighted by Crippen LogP contribution is -2.21. The van der Waals surface area contributed by atoms with Gasteiger partial charge in [0.2, 0.25) is 0 Å². The maximum atomic E-state index is 14.2. The summed E-state index contributed by atoms with van der Waals surface area (Å²) in [4.78, 5) is 22.9.